The number of benzene rings is 1. The number of aryl methyl sites for hydroxylation is 1. The zero-order valence-electron chi connectivity index (χ0n) is 8.82. The molecule has 2 heterocycles. The van der Waals surface area contributed by atoms with Crippen LogP contribution >= 0.6 is 0 Å². The molecule has 80 valence electrons. The molecule has 0 unspecified atom stereocenters. The molecule has 0 aliphatic heterocycles. The van der Waals surface area contributed by atoms with Crippen LogP contribution in [0.25, 0.3) is 22.2 Å². The largest absolute Gasteiger partial charge is 0.464 e. The number of nitrogen functional groups attached to an aromatic ring is 1. The number of nitrogens with zero attached hydrogens (tertiary/aromatic N) is 1. The normalized spacial score (nSPS) is 11.1. The summed E-state index contributed by atoms with van der Waals surface area (Å²) >= 11 is 0. The second kappa shape index (κ2) is 3.13. The van der Waals surface area contributed by atoms with E-state index in [0.717, 1.165) is 27.8 Å². The van der Waals surface area contributed by atoms with Crippen molar-refractivity contribution < 1.29 is 4.42 Å². The summed E-state index contributed by atoms with van der Waals surface area (Å²) in [6.07, 6.45) is 1.76. The number of rotatable bonds is 1. The number of hydrogen-bond donors (Lipinski definition) is 2. The lowest BCUT2D eigenvalue weighted by molar-refractivity contribution is 0.613. The third-order valence-corrected chi connectivity index (χ3v) is 2.67. The van der Waals surface area contributed by atoms with Crippen molar-refractivity contribution in [2.24, 2.45) is 0 Å². The van der Waals surface area contributed by atoms with E-state index in [1.165, 1.54) is 0 Å². The van der Waals surface area contributed by atoms with Crippen LogP contribution in [0.5, 0.6) is 0 Å². The van der Waals surface area contributed by atoms with Gasteiger partial charge in [0.25, 0.3) is 0 Å². The molecular formula is C12H11N3O. The third-order valence-electron chi connectivity index (χ3n) is 2.67. The van der Waals surface area contributed by atoms with Gasteiger partial charge in [0.05, 0.1) is 12.0 Å². The fraction of sp³-hybridized carbons (Fsp3) is 0.0833. The second-order valence-electron chi connectivity index (χ2n) is 3.80. The van der Waals surface area contributed by atoms with Gasteiger partial charge in [0, 0.05) is 17.0 Å². The molecule has 2 aromatic heterocycles. The molecule has 4 nitrogen and oxygen atoms in total. The van der Waals surface area contributed by atoms with Gasteiger partial charge in [-0.2, -0.15) is 5.10 Å². The van der Waals surface area contributed by atoms with Crippen LogP contribution in [0.1, 0.15) is 5.56 Å². The Hall–Kier alpha value is -2.23. The number of anilines is 1. The zero-order valence-corrected chi connectivity index (χ0v) is 8.82. The Morgan fingerprint density at radius 3 is 3.00 bits per heavy atom. The maximum absolute atomic E-state index is 5.61. The van der Waals surface area contributed by atoms with Gasteiger partial charge in [0.1, 0.15) is 11.4 Å². The molecular weight excluding hydrogens is 202 g/mol. The minimum absolute atomic E-state index is 0.494. The number of nitrogens with one attached hydrogen (secondary N) is 1. The first-order chi connectivity index (χ1) is 7.75. The molecule has 0 bridgehead atoms. The number of nitrogens with two attached hydrogens (primary N) is 1. The van der Waals surface area contributed by atoms with E-state index in [9.17, 15) is 0 Å². The third kappa shape index (κ3) is 1.20. The first-order valence-corrected chi connectivity index (χ1v) is 5.04. The predicted octanol–water partition coefficient (Wildman–Crippen LogP) is 2.71. The molecule has 3 N–H and O–H groups in total. The van der Waals surface area contributed by atoms with Gasteiger partial charge in [-0.25, -0.2) is 0 Å². The summed E-state index contributed by atoms with van der Waals surface area (Å²) in [7, 11) is 0. The Kier molecular flexibility index (Phi) is 1.77. The van der Waals surface area contributed by atoms with Crippen LogP contribution in [0.2, 0.25) is 0 Å². The van der Waals surface area contributed by atoms with Crippen molar-refractivity contribution in [3.8, 4) is 11.3 Å². The lowest BCUT2D eigenvalue weighted by Gasteiger charge is -1.99. The highest BCUT2D eigenvalue weighted by molar-refractivity contribution is 5.95. The molecule has 16 heavy (non-hydrogen) atoms. The number of hydrogen-bond acceptors (Lipinski definition) is 3. The van der Waals surface area contributed by atoms with E-state index in [-0.39, 0.29) is 0 Å². The van der Waals surface area contributed by atoms with Crippen LogP contribution in [-0.2, 0) is 0 Å². The van der Waals surface area contributed by atoms with Gasteiger partial charge in [-0.15, -0.1) is 0 Å². The van der Waals surface area contributed by atoms with Crippen LogP contribution in [0.4, 0.5) is 5.82 Å². The van der Waals surface area contributed by atoms with Gasteiger partial charge in [-0.1, -0.05) is 12.1 Å². The Morgan fingerprint density at radius 2 is 2.25 bits per heavy atom. The summed E-state index contributed by atoms with van der Waals surface area (Å²) in [5.74, 6) is 0.494. The van der Waals surface area contributed by atoms with Crippen molar-refractivity contribution in [2.45, 2.75) is 6.92 Å². The Bertz CT molecular complexity index is 651. The second-order valence-corrected chi connectivity index (χ2v) is 3.80. The summed E-state index contributed by atoms with van der Waals surface area (Å²) in [4.78, 5) is 0. The SMILES string of the molecule is Cc1coc2cccc(-c3cc(N)n[nH]3)c12. The molecule has 0 radical (unpaired) electrons. The van der Waals surface area contributed by atoms with Crippen molar-refractivity contribution in [3.05, 3.63) is 36.1 Å². The van der Waals surface area contributed by atoms with E-state index < -0.39 is 0 Å². The molecule has 0 saturated carbocycles. The van der Waals surface area contributed by atoms with Crippen LogP contribution in [-0.4, -0.2) is 10.2 Å². The molecule has 4 heteroatoms. The molecule has 0 fully saturated rings. The summed E-state index contributed by atoms with van der Waals surface area (Å²) < 4.78 is 5.45. The quantitative estimate of drug-likeness (QED) is 0.653. The average molecular weight is 213 g/mol. The van der Waals surface area contributed by atoms with E-state index in [2.05, 4.69) is 10.2 Å². The van der Waals surface area contributed by atoms with Gasteiger partial charge in [0.15, 0.2) is 0 Å². The molecule has 0 aliphatic rings. The van der Waals surface area contributed by atoms with E-state index in [1.807, 2.05) is 31.2 Å². The summed E-state index contributed by atoms with van der Waals surface area (Å²) in [5, 5.41) is 7.95. The van der Waals surface area contributed by atoms with Gasteiger partial charge < -0.3 is 10.2 Å². The molecule has 0 saturated heterocycles. The van der Waals surface area contributed by atoms with Crippen molar-refractivity contribution >= 4 is 16.8 Å². The van der Waals surface area contributed by atoms with Crippen LogP contribution in [0.3, 0.4) is 0 Å². The fourth-order valence-corrected chi connectivity index (χ4v) is 1.95. The van der Waals surface area contributed by atoms with Gasteiger partial charge >= 0.3 is 0 Å². The topological polar surface area (TPSA) is 67.8 Å². The number of furan rings is 1. The van der Waals surface area contributed by atoms with Gasteiger partial charge in [-0.05, 0) is 18.6 Å². The highest BCUT2D eigenvalue weighted by Gasteiger charge is 2.10. The molecule has 0 aliphatic carbocycles. The number of aromatic amines is 1. The summed E-state index contributed by atoms with van der Waals surface area (Å²) in [6.45, 7) is 2.02. The first-order valence-electron chi connectivity index (χ1n) is 5.04. The molecule has 3 rings (SSSR count). The minimum Gasteiger partial charge on any atom is -0.464 e. The van der Waals surface area contributed by atoms with Crippen LogP contribution in [0.15, 0.2) is 34.9 Å². The number of aromatic nitrogens is 2. The summed E-state index contributed by atoms with van der Waals surface area (Å²) in [5.41, 5.74) is 9.57. The van der Waals surface area contributed by atoms with Crippen molar-refractivity contribution in [1.82, 2.24) is 10.2 Å². The first kappa shape index (κ1) is 9.03. The highest BCUT2D eigenvalue weighted by atomic mass is 16.3. The Morgan fingerprint density at radius 1 is 1.38 bits per heavy atom. The predicted molar refractivity (Wildman–Crippen MR) is 62.9 cm³/mol. The fourth-order valence-electron chi connectivity index (χ4n) is 1.95. The average Bonchev–Trinajstić information content (AvgIpc) is 2.86. The molecule has 0 amide bonds. The van der Waals surface area contributed by atoms with E-state index in [0.29, 0.717) is 5.82 Å². The van der Waals surface area contributed by atoms with Crippen LogP contribution in [0, 0.1) is 6.92 Å². The maximum Gasteiger partial charge on any atom is 0.145 e. The zero-order chi connectivity index (χ0) is 11.1. The van der Waals surface area contributed by atoms with E-state index in [1.54, 1.807) is 6.26 Å². The van der Waals surface area contributed by atoms with Gasteiger partial charge in [-0.3, -0.25) is 5.10 Å². The minimum atomic E-state index is 0.494. The van der Waals surface area contributed by atoms with E-state index >= 15 is 0 Å². The molecule has 3 aromatic rings. The number of H-pyrrole nitrogens is 1. The summed E-state index contributed by atoms with van der Waals surface area (Å²) in [6, 6.07) is 7.75. The Labute approximate surface area is 92.1 Å². The van der Waals surface area contributed by atoms with Crippen molar-refractivity contribution in [1.29, 1.82) is 0 Å². The smallest absolute Gasteiger partial charge is 0.145 e. The molecule has 1 aromatic carbocycles. The lowest BCUT2D eigenvalue weighted by Crippen LogP contribution is -1.81. The van der Waals surface area contributed by atoms with Crippen LogP contribution < -0.4 is 5.73 Å². The highest BCUT2D eigenvalue weighted by Crippen LogP contribution is 2.31. The Balaban J connectivity index is 2.34. The lowest BCUT2D eigenvalue weighted by atomic mass is 10.0. The van der Waals surface area contributed by atoms with Gasteiger partial charge in [0.2, 0.25) is 0 Å². The maximum atomic E-state index is 5.61. The molecule has 0 spiro atoms. The van der Waals surface area contributed by atoms with Crippen molar-refractivity contribution in [3.63, 3.8) is 0 Å². The monoisotopic (exact) mass is 213 g/mol. The number of fused-ring (bicyclic) bond motifs is 1. The standard InChI is InChI=1S/C12H11N3O/c1-7-6-16-10-4-2-3-8(12(7)10)9-5-11(13)15-14-9/h2-6H,1H3,(H3,13,14,15). The van der Waals surface area contributed by atoms with E-state index in [4.69, 9.17) is 10.2 Å². The van der Waals surface area contributed by atoms with Crippen molar-refractivity contribution in [2.75, 3.05) is 5.73 Å². The molecule has 0 atom stereocenters.